The van der Waals surface area contributed by atoms with Crippen molar-refractivity contribution in [2.45, 2.75) is 32.1 Å². The molecule has 0 radical (unpaired) electrons. The predicted octanol–water partition coefficient (Wildman–Crippen LogP) is -1.60. The van der Waals surface area contributed by atoms with Gasteiger partial charge in [-0.3, -0.25) is 9.78 Å². The van der Waals surface area contributed by atoms with E-state index in [9.17, 15) is 19.8 Å². The maximum Gasteiger partial charge on any atom is 0.349 e. The van der Waals surface area contributed by atoms with Gasteiger partial charge < -0.3 is 30.3 Å². The van der Waals surface area contributed by atoms with E-state index in [2.05, 4.69) is 20.3 Å². The molecule has 0 amide bonds. The van der Waals surface area contributed by atoms with Crippen LogP contribution in [-0.2, 0) is 6.54 Å². The zero-order valence-electron chi connectivity index (χ0n) is 15.8. The molecule has 156 valence electrons. The lowest BCUT2D eigenvalue weighted by molar-refractivity contribution is -0.0191. The summed E-state index contributed by atoms with van der Waals surface area (Å²) in [5.74, 6) is 0.0499. The molecule has 29 heavy (non-hydrogen) atoms. The van der Waals surface area contributed by atoms with Gasteiger partial charge in [-0.15, -0.1) is 0 Å². The summed E-state index contributed by atoms with van der Waals surface area (Å²) in [4.78, 5) is 34.3. The van der Waals surface area contributed by atoms with Gasteiger partial charge in [-0.1, -0.05) is 0 Å². The highest BCUT2D eigenvalue weighted by atomic mass is 16.4. The molecule has 11 heteroatoms. The molecule has 0 aromatic heterocycles. The van der Waals surface area contributed by atoms with Crippen LogP contribution in [0.3, 0.4) is 0 Å². The van der Waals surface area contributed by atoms with Crippen LogP contribution in [0.1, 0.15) is 12.0 Å². The Morgan fingerprint density at radius 2 is 1.93 bits per heavy atom. The molecule has 6 N–H and O–H groups in total. The molecule has 0 saturated heterocycles. The number of aliphatic hydroxyl groups excluding tert-OH is 4. The first kappa shape index (κ1) is 20.9. The van der Waals surface area contributed by atoms with Gasteiger partial charge in [0.15, 0.2) is 11.5 Å². The van der Waals surface area contributed by atoms with E-state index in [1.54, 1.807) is 16.7 Å². The summed E-state index contributed by atoms with van der Waals surface area (Å²) in [6.07, 6.45) is -2.49. The van der Waals surface area contributed by atoms with Gasteiger partial charge in [-0.05, 0) is 31.0 Å². The van der Waals surface area contributed by atoms with Crippen LogP contribution in [0.15, 0.2) is 21.7 Å². The normalized spacial score (nSPS) is 13.7. The van der Waals surface area contributed by atoms with Crippen molar-refractivity contribution >= 4 is 16.7 Å². The maximum atomic E-state index is 12.2. The van der Waals surface area contributed by atoms with E-state index in [0.29, 0.717) is 17.6 Å². The molecule has 2 aliphatic rings. The molecule has 11 nitrogen and oxygen atoms in total. The molecule has 2 aliphatic heterocycles. The predicted molar refractivity (Wildman–Crippen MR) is 105 cm³/mol. The first-order chi connectivity index (χ1) is 13.8. The van der Waals surface area contributed by atoms with Gasteiger partial charge in [-0.2, -0.15) is 4.98 Å². The lowest BCUT2D eigenvalue weighted by atomic mass is 10.1. The van der Waals surface area contributed by atoms with Crippen LogP contribution >= 0.6 is 0 Å². The maximum absolute atomic E-state index is 12.2. The Labute approximate surface area is 164 Å². The number of hydrogen-bond acceptors (Lipinski definition) is 9. The minimum absolute atomic E-state index is 0.0234. The lowest BCUT2D eigenvalue weighted by Crippen LogP contribution is -2.32. The second-order valence-electron chi connectivity index (χ2n) is 6.72. The Bertz CT molecular complexity index is 1090. The van der Waals surface area contributed by atoms with Crippen molar-refractivity contribution in [1.82, 2.24) is 19.5 Å². The van der Waals surface area contributed by atoms with Crippen molar-refractivity contribution in [3.8, 4) is 11.5 Å². The molecule has 2 atom stereocenters. The number of fused-ring (bicyclic) bond motifs is 2. The number of aromatic amines is 1. The number of rotatable bonds is 8. The Morgan fingerprint density at radius 3 is 2.62 bits per heavy atom. The van der Waals surface area contributed by atoms with E-state index < -0.39 is 30.1 Å². The van der Waals surface area contributed by atoms with E-state index in [4.69, 9.17) is 10.2 Å². The monoisotopic (exact) mass is 405 g/mol. The van der Waals surface area contributed by atoms with E-state index in [-0.39, 0.29) is 31.1 Å². The third-order valence-corrected chi connectivity index (χ3v) is 4.66. The van der Waals surface area contributed by atoms with Crippen molar-refractivity contribution in [2.24, 2.45) is 0 Å². The van der Waals surface area contributed by atoms with Crippen molar-refractivity contribution in [2.75, 3.05) is 25.1 Å². The first-order valence-corrected chi connectivity index (χ1v) is 9.12. The van der Waals surface area contributed by atoms with Gasteiger partial charge in [0.2, 0.25) is 0 Å². The number of hydrogen-bond donors (Lipinski definition) is 6. The minimum atomic E-state index is -1.31. The number of H-pyrrole nitrogens is 1. The molecule has 1 aromatic carbocycles. The number of aromatic nitrogens is 4. The number of anilines is 1. The fourth-order valence-corrected chi connectivity index (χ4v) is 3.13. The summed E-state index contributed by atoms with van der Waals surface area (Å²) >= 11 is 0. The molecule has 2 unspecified atom stereocenters. The molecule has 1 aromatic rings. The summed E-state index contributed by atoms with van der Waals surface area (Å²) in [5, 5.41) is 40.8. The van der Waals surface area contributed by atoms with Crippen LogP contribution < -0.4 is 16.6 Å². The van der Waals surface area contributed by atoms with Gasteiger partial charge in [-0.25, -0.2) is 9.78 Å². The summed E-state index contributed by atoms with van der Waals surface area (Å²) in [5.41, 5.74) is 1.07. The van der Waals surface area contributed by atoms with Crippen LogP contribution in [0.25, 0.3) is 22.6 Å². The van der Waals surface area contributed by atoms with Gasteiger partial charge in [0.1, 0.15) is 6.10 Å². The Kier molecular flexibility index (Phi) is 6.23. The van der Waals surface area contributed by atoms with Gasteiger partial charge >= 0.3 is 5.69 Å². The van der Waals surface area contributed by atoms with Gasteiger partial charge in [0.25, 0.3) is 5.56 Å². The zero-order chi connectivity index (χ0) is 21.1. The highest BCUT2D eigenvalue weighted by molar-refractivity contribution is 5.84. The average molecular weight is 405 g/mol. The lowest BCUT2D eigenvalue weighted by Gasteiger charge is -2.21. The molecule has 0 fully saturated rings. The standard InChI is InChI=1S/C18H23N5O6/c1-9-6-11-12(7-10(9)19-3-5-24)23(4-2-13(26)14(27)8-25)16-15(20-11)17(28)22-18(29)21-16/h6-7,13-14,19,24-27H,2-5,8H2,1H3,(H,22,28,29). The third kappa shape index (κ3) is 4.27. The summed E-state index contributed by atoms with van der Waals surface area (Å²) in [7, 11) is 0. The van der Waals surface area contributed by atoms with Gasteiger partial charge in [0.05, 0.1) is 30.4 Å². The molecule has 0 spiro atoms. The molecule has 0 saturated carbocycles. The SMILES string of the molecule is Cc1cc2nc3c(=O)[nH]c(=O)nc-3n(CCC(O)C(O)CO)c2cc1NCCO. The Morgan fingerprint density at radius 1 is 1.17 bits per heavy atom. The Hall–Kier alpha value is -2.86. The zero-order valence-corrected chi connectivity index (χ0v) is 15.8. The number of nitrogens with one attached hydrogen (secondary N) is 2. The largest absolute Gasteiger partial charge is 0.395 e. The first-order valence-electron chi connectivity index (χ1n) is 9.12. The number of aryl methyl sites for hydroxylation is 2. The second kappa shape index (κ2) is 8.66. The number of nitrogens with zero attached hydrogens (tertiary/aromatic N) is 3. The average Bonchev–Trinajstić information content (AvgIpc) is 2.69. The summed E-state index contributed by atoms with van der Waals surface area (Å²) < 4.78 is 1.57. The Balaban J connectivity index is 2.20. The van der Waals surface area contributed by atoms with E-state index in [1.165, 1.54) is 0 Å². The van der Waals surface area contributed by atoms with Crippen LogP contribution in [0.2, 0.25) is 0 Å². The quantitative estimate of drug-likeness (QED) is 0.241. The third-order valence-electron chi connectivity index (χ3n) is 4.66. The molecule has 2 heterocycles. The van der Waals surface area contributed by atoms with Crippen molar-refractivity contribution in [1.29, 1.82) is 0 Å². The smallest absolute Gasteiger partial charge is 0.349 e. The van der Waals surface area contributed by atoms with Gasteiger partial charge in [0, 0.05) is 18.8 Å². The fraction of sp³-hybridized carbons (Fsp3) is 0.444. The van der Waals surface area contributed by atoms with Crippen LogP contribution in [0.4, 0.5) is 5.69 Å². The van der Waals surface area contributed by atoms with Crippen LogP contribution in [0, 0.1) is 6.92 Å². The van der Waals surface area contributed by atoms with Crippen molar-refractivity contribution < 1.29 is 20.4 Å². The minimum Gasteiger partial charge on any atom is -0.395 e. The second-order valence-corrected chi connectivity index (χ2v) is 6.72. The van der Waals surface area contributed by atoms with Crippen LogP contribution in [-0.4, -0.2) is 71.9 Å². The summed E-state index contributed by atoms with van der Waals surface area (Å²) in [6, 6.07) is 3.52. The van der Waals surface area contributed by atoms with Crippen LogP contribution in [0.5, 0.6) is 0 Å². The van der Waals surface area contributed by atoms with Crippen molar-refractivity contribution in [3.63, 3.8) is 0 Å². The number of benzene rings is 1. The molecular weight excluding hydrogens is 382 g/mol. The molecule has 0 aliphatic carbocycles. The highest BCUT2D eigenvalue weighted by Gasteiger charge is 2.21. The summed E-state index contributed by atoms with van der Waals surface area (Å²) in [6.45, 7) is 1.62. The van der Waals surface area contributed by atoms with Crippen molar-refractivity contribution in [3.05, 3.63) is 38.5 Å². The topological polar surface area (TPSA) is 174 Å². The fourth-order valence-electron chi connectivity index (χ4n) is 3.13. The molecule has 0 bridgehead atoms. The molecule has 3 rings (SSSR count). The van der Waals surface area contributed by atoms with E-state index in [1.807, 2.05) is 6.92 Å². The van der Waals surface area contributed by atoms with E-state index >= 15 is 0 Å². The molecular formula is C18H23N5O6. The highest BCUT2D eigenvalue weighted by Crippen LogP contribution is 2.27. The number of aliphatic hydroxyl groups is 4. The van der Waals surface area contributed by atoms with E-state index in [0.717, 1.165) is 11.3 Å².